The molecule has 2 nitrogen and oxygen atoms in total. The maximum Gasteiger partial charge on any atom is 0.310 e. The standard InChI is InChI=1S/C19H24O2Si/c1-5-21-19(20)18(16-12-7-6-8-13-16)22(3,4)17-14-10-9-11-15(17)2/h6-14,18H,5H2,1-4H3/t18-/m1/s1. The van der Waals surface area contributed by atoms with Gasteiger partial charge in [0.05, 0.1) is 12.1 Å². The Morgan fingerprint density at radius 3 is 2.23 bits per heavy atom. The Kier molecular flexibility index (Phi) is 5.19. The second kappa shape index (κ2) is 6.92. The molecule has 0 bridgehead atoms. The van der Waals surface area contributed by atoms with E-state index in [1.165, 1.54) is 10.8 Å². The number of carbonyl (C=O) groups is 1. The number of hydrogen-bond acceptors (Lipinski definition) is 2. The van der Waals surface area contributed by atoms with E-state index in [4.69, 9.17) is 4.74 Å². The van der Waals surface area contributed by atoms with E-state index in [0.717, 1.165) is 5.56 Å². The third-order valence-corrected chi connectivity index (χ3v) is 8.18. The molecule has 0 aliphatic carbocycles. The summed E-state index contributed by atoms with van der Waals surface area (Å²) in [6.07, 6.45) is 0. The molecule has 0 fully saturated rings. The second-order valence-corrected chi connectivity index (χ2v) is 10.7. The minimum atomic E-state index is -2.07. The summed E-state index contributed by atoms with van der Waals surface area (Å²) in [4.78, 5) is 12.7. The van der Waals surface area contributed by atoms with E-state index < -0.39 is 8.07 Å². The molecule has 0 saturated heterocycles. The molecule has 0 aliphatic heterocycles. The van der Waals surface area contributed by atoms with Gasteiger partial charge in [-0.15, -0.1) is 0 Å². The summed E-state index contributed by atoms with van der Waals surface area (Å²) in [7, 11) is -2.07. The van der Waals surface area contributed by atoms with Crippen molar-refractivity contribution in [2.75, 3.05) is 6.61 Å². The smallest absolute Gasteiger partial charge is 0.310 e. The summed E-state index contributed by atoms with van der Waals surface area (Å²) in [5.74, 6) is -0.103. The Morgan fingerprint density at radius 2 is 1.64 bits per heavy atom. The predicted octanol–water partition coefficient (Wildman–Crippen LogP) is 3.80. The molecule has 22 heavy (non-hydrogen) atoms. The zero-order valence-corrected chi connectivity index (χ0v) is 14.8. The maximum absolute atomic E-state index is 12.7. The van der Waals surface area contributed by atoms with Crippen LogP contribution in [0.3, 0.4) is 0 Å². The zero-order valence-electron chi connectivity index (χ0n) is 13.8. The molecule has 2 rings (SSSR count). The first kappa shape index (κ1) is 16.5. The minimum Gasteiger partial charge on any atom is -0.466 e. The van der Waals surface area contributed by atoms with Crippen LogP contribution < -0.4 is 5.19 Å². The molecule has 0 radical (unpaired) electrons. The van der Waals surface area contributed by atoms with Gasteiger partial charge < -0.3 is 4.74 Å². The Balaban J connectivity index is 2.53. The van der Waals surface area contributed by atoms with Gasteiger partial charge in [-0.1, -0.05) is 78.4 Å². The van der Waals surface area contributed by atoms with Crippen LogP contribution in [0.2, 0.25) is 13.1 Å². The molecule has 0 N–H and O–H groups in total. The summed E-state index contributed by atoms with van der Waals surface area (Å²) in [6, 6.07) is 18.4. The van der Waals surface area contributed by atoms with Crippen LogP contribution in [0, 0.1) is 6.92 Å². The van der Waals surface area contributed by atoms with Crippen LogP contribution in [0.15, 0.2) is 54.6 Å². The lowest BCUT2D eigenvalue weighted by Gasteiger charge is -2.33. The van der Waals surface area contributed by atoms with Crippen molar-refractivity contribution in [2.45, 2.75) is 32.5 Å². The number of carbonyl (C=O) groups excluding carboxylic acids is 1. The van der Waals surface area contributed by atoms with Crippen molar-refractivity contribution < 1.29 is 9.53 Å². The quantitative estimate of drug-likeness (QED) is 0.620. The first-order chi connectivity index (χ1) is 10.5. The first-order valence-electron chi connectivity index (χ1n) is 7.76. The third-order valence-electron chi connectivity index (χ3n) is 4.22. The number of rotatable bonds is 5. The molecule has 116 valence electrons. The predicted molar refractivity (Wildman–Crippen MR) is 94.1 cm³/mol. The van der Waals surface area contributed by atoms with Crippen LogP contribution in [0.5, 0.6) is 0 Å². The summed E-state index contributed by atoms with van der Waals surface area (Å²) in [6.45, 7) is 8.91. The van der Waals surface area contributed by atoms with E-state index in [9.17, 15) is 4.79 Å². The summed E-state index contributed by atoms with van der Waals surface area (Å²) < 4.78 is 5.40. The average molecular weight is 312 g/mol. The molecule has 0 amide bonds. The van der Waals surface area contributed by atoms with Crippen LogP contribution >= 0.6 is 0 Å². The lowest BCUT2D eigenvalue weighted by molar-refractivity contribution is -0.143. The van der Waals surface area contributed by atoms with Crippen molar-refractivity contribution in [3.63, 3.8) is 0 Å². The molecule has 0 aromatic heterocycles. The summed E-state index contributed by atoms with van der Waals surface area (Å²) in [5.41, 5.74) is 2.13. The van der Waals surface area contributed by atoms with Crippen LogP contribution in [-0.4, -0.2) is 20.7 Å². The largest absolute Gasteiger partial charge is 0.466 e. The summed E-state index contributed by atoms with van der Waals surface area (Å²) in [5, 5.41) is 1.32. The van der Waals surface area contributed by atoms with E-state index in [-0.39, 0.29) is 11.5 Å². The van der Waals surface area contributed by atoms with Gasteiger partial charge in [0.15, 0.2) is 0 Å². The van der Waals surface area contributed by atoms with Gasteiger partial charge in [0.25, 0.3) is 0 Å². The van der Waals surface area contributed by atoms with Gasteiger partial charge in [0.1, 0.15) is 8.07 Å². The van der Waals surface area contributed by atoms with Gasteiger partial charge in [0, 0.05) is 0 Å². The van der Waals surface area contributed by atoms with Gasteiger partial charge in [-0.2, -0.15) is 0 Å². The average Bonchev–Trinajstić information content (AvgIpc) is 2.48. The van der Waals surface area contributed by atoms with Gasteiger partial charge >= 0.3 is 5.97 Å². The second-order valence-electron chi connectivity index (χ2n) is 6.13. The Morgan fingerprint density at radius 1 is 1.05 bits per heavy atom. The first-order valence-corrected chi connectivity index (χ1v) is 10.8. The molecule has 0 unspecified atom stereocenters. The SMILES string of the molecule is CCOC(=O)[C@@H](c1ccccc1)[Si](C)(C)c1ccccc1C. The van der Waals surface area contributed by atoms with E-state index in [0.29, 0.717) is 6.61 Å². The molecule has 2 aromatic rings. The fourth-order valence-electron chi connectivity index (χ4n) is 3.17. The van der Waals surface area contributed by atoms with Crippen molar-refractivity contribution in [1.29, 1.82) is 0 Å². The number of aryl methyl sites for hydroxylation is 1. The van der Waals surface area contributed by atoms with Crippen molar-refractivity contribution in [3.8, 4) is 0 Å². The highest BCUT2D eigenvalue weighted by Gasteiger charge is 2.41. The van der Waals surface area contributed by atoms with E-state index in [2.05, 4.69) is 38.2 Å². The lowest BCUT2D eigenvalue weighted by atomic mass is 10.1. The fraction of sp³-hybridized carbons (Fsp3) is 0.316. The van der Waals surface area contributed by atoms with E-state index in [1.54, 1.807) is 0 Å². The zero-order chi connectivity index (χ0) is 16.2. The highest BCUT2D eigenvalue weighted by atomic mass is 28.3. The monoisotopic (exact) mass is 312 g/mol. The number of esters is 1. The third kappa shape index (κ3) is 3.30. The summed E-state index contributed by atoms with van der Waals surface area (Å²) >= 11 is 0. The molecule has 0 heterocycles. The van der Waals surface area contributed by atoms with Gasteiger partial charge in [-0.3, -0.25) is 4.79 Å². The molecular formula is C19H24O2Si. The van der Waals surface area contributed by atoms with Crippen molar-refractivity contribution in [2.24, 2.45) is 0 Å². The Labute approximate surface area is 134 Å². The van der Waals surface area contributed by atoms with E-state index in [1.807, 2.05) is 43.3 Å². The lowest BCUT2D eigenvalue weighted by Crippen LogP contribution is -2.52. The molecule has 0 saturated carbocycles. The Bertz CT molecular complexity index is 635. The normalized spacial score (nSPS) is 12.7. The van der Waals surface area contributed by atoms with Crippen LogP contribution in [0.4, 0.5) is 0 Å². The fourth-order valence-corrected chi connectivity index (χ4v) is 6.80. The van der Waals surface area contributed by atoms with Gasteiger partial charge in [0.2, 0.25) is 0 Å². The topological polar surface area (TPSA) is 26.3 Å². The van der Waals surface area contributed by atoms with Crippen LogP contribution in [0.1, 0.15) is 23.6 Å². The molecule has 0 aliphatic rings. The minimum absolute atomic E-state index is 0.103. The van der Waals surface area contributed by atoms with E-state index >= 15 is 0 Å². The van der Waals surface area contributed by atoms with Crippen LogP contribution in [0.25, 0.3) is 0 Å². The maximum atomic E-state index is 12.7. The molecule has 1 atom stereocenters. The molecule has 3 heteroatoms. The highest BCUT2D eigenvalue weighted by Crippen LogP contribution is 2.29. The number of benzene rings is 2. The molecule has 0 spiro atoms. The molecular weight excluding hydrogens is 288 g/mol. The Hall–Kier alpha value is -1.87. The van der Waals surface area contributed by atoms with Crippen molar-refractivity contribution >= 4 is 19.2 Å². The highest BCUT2D eigenvalue weighted by molar-refractivity contribution is 6.93. The van der Waals surface area contributed by atoms with Gasteiger partial charge in [-0.25, -0.2) is 0 Å². The number of hydrogen-bond donors (Lipinski definition) is 0. The van der Waals surface area contributed by atoms with Crippen molar-refractivity contribution in [3.05, 3.63) is 65.7 Å². The van der Waals surface area contributed by atoms with Crippen LogP contribution in [-0.2, 0) is 9.53 Å². The number of ether oxygens (including phenoxy) is 1. The molecule has 2 aromatic carbocycles. The van der Waals surface area contributed by atoms with Gasteiger partial charge in [-0.05, 0) is 19.4 Å². The van der Waals surface area contributed by atoms with Crippen molar-refractivity contribution in [1.82, 2.24) is 0 Å².